The van der Waals surface area contributed by atoms with Gasteiger partial charge >= 0.3 is 0 Å². The second-order valence-electron chi connectivity index (χ2n) is 9.91. The second kappa shape index (κ2) is 16.6. The van der Waals surface area contributed by atoms with Crippen LogP contribution in [0.2, 0.25) is 0 Å². The minimum Gasteiger partial charge on any atom is -0.493 e. The topological polar surface area (TPSA) is 120 Å². The van der Waals surface area contributed by atoms with Crippen LogP contribution in [0.4, 0.5) is 15.8 Å². The number of hydrogen-bond acceptors (Lipinski definition) is 8. The summed E-state index contributed by atoms with van der Waals surface area (Å²) in [5.41, 5.74) is 1.32. The number of benzene rings is 3. The van der Waals surface area contributed by atoms with E-state index in [2.05, 4.69) is 27.9 Å². The van der Waals surface area contributed by atoms with E-state index in [0.29, 0.717) is 66.1 Å². The Hall–Kier alpha value is -5.16. The van der Waals surface area contributed by atoms with Crippen LogP contribution >= 0.6 is 0 Å². The molecular formula is C34H37FN4O6. The summed E-state index contributed by atoms with van der Waals surface area (Å²) in [7, 11) is 3.12. The Kier molecular flexibility index (Phi) is 12.1. The predicted molar refractivity (Wildman–Crippen MR) is 171 cm³/mol. The quantitative estimate of drug-likeness (QED) is 0.0570. The van der Waals surface area contributed by atoms with Crippen LogP contribution in [0.15, 0.2) is 84.7 Å². The summed E-state index contributed by atoms with van der Waals surface area (Å²) in [5.74, 6) is 0.460. The van der Waals surface area contributed by atoms with Crippen LogP contribution in [0.1, 0.15) is 26.2 Å². The maximum absolute atomic E-state index is 13.3. The molecular weight excluding hydrogens is 579 g/mol. The smallest absolute Gasteiger partial charge is 0.262 e. The molecule has 10 nitrogen and oxygen atoms in total. The Morgan fingerprint density at radius 1 is 0.822 bits per heavy atom. The van der Waals surface area contributed by atoms with Crippen molar-refractivity contribution in [1.82, 2.24) is 10.3 Å². The van der Waals surface area contributed by atoms with Crippen LogP contribution < -0.4 is 30.2 Å². The largest absolute Gasteiger partial charge is 0.493 e. The molecule has 236 valence electrons. The molecule has 45 heavy (non-hydrogen) atoms. The monoisotopic (exact) mass is 616 g/mol. The number of unbranched alkanes of at least 4 members (excludes halogenated alkanes) is 1. The maximum Gasteiger partial charge on any atom is 0.262 e. The fourth-order valence-electron chi connectivity index (χ4n) is 4.23. The molecule has 0 aliphatic carbocycles. The molecule has 0 bridgehead atoms. The number of nitrogens with one attached hydrogen (secondary N) is 3. The number of methoxy groups -OCH3 is 2. The van der Waals surface area contributed by atoms with Gasteiger partial charge in [-0.3, -0.25) is 14.6 Å². The zero-order chi connectivity index (χ0) is 32.0. The van der Waals surface area contributed by atoms with Crippen LogP contribution in [0.25, 0.3) is 10.9 Å². The lowest BCUT2D eigenvalue weighted by Gasteiger charge is -2.13. The number of hydrogen-bond donors (Lipinski definition) is 3. The highest BCUT2D eigenvalue weighted by atomic mass is 19.1. The first-order chi connectivity index (χ1) is 21.9. The number of carbonyl (C=O) groups excluding carboxylic acids is 2. The molecule has 0 aliphatic heterocycles. The van der Waals surface area contributed by atoms with Gasteiger partial charge in [0.15, 0.2) is 11.5 Å². The highest BCUT2D eigenvalue weighted by Gasteiger charge is 2.19. The van der Waals surface area contributed by atoms with E-state index in [-0.39, 0.29) is 5.57 Å². The van der Waals surface area contributed by atoms with E-state index in [1.54, 1.807) is 62.9 Å². The number of carbonyl (C=O) groups is 2. The molecule has 0 radical (unpaired) electrons. The third-order valence-electron chi connectivity index (χ3n) is 6.64. The third kappa shape index (κ3) is 9.41. The minimum absolute atomic E-state index is 0.154. The van der Waals surface area contributed by atoms with Crippen LogP contribution in [-0.4, -0.2) is 50.8 Å². The fraction of sp³-hybridized carbons (Fsp3) is 0.265. The first-order valence-corrected chi connectivity index (χ1v) is 14.6. The third-order valence-corrected chi connectivity index (χ3v) is 6.64. The van der Waals surface area contributed by atoms with E-state index >= 15 is 0 Å². The van der Waals surface area contributed by atoms with E-state index in [0.717, 1.165) is 18.2 Å². The highest BCUT2D eigenvalue weighted by molar-refractivity contribution is 6.26. The van der Waals surface area contributed by atoms with Gasteiger partial charge in [0, 0.05) is 55.0 Å². The van der Waals surface area contributed by atoms with Crippen molar-refractivity contribution in [1.29, 1.82) is 0 Å². The molecule has 0 saturated carbocycles. The molecule has 0 saturated heterocycles. The number of ether oxygens (including phenoxy) is 4. The van der Waals surface area contributed by atoms with E-state index in [4.69, 9.17) is 18.9 Å². The molecule has 3 aromatic carbocycles. The molecule has 0 unspecified atom stereocenters. The molecule has 3 N–H and O–H groups in total. The maximum atomic E-state index is 13.3. The van der Waals surface area contributed by atoms with Crippen molar-refractivity contribution in [2.24, 2.45) is 0 Å². The van der Waals surface area contributed by atoms with Crippen molar-refractivity contribution in [2.45, 2.75) is 26.2 Å². The van der Waals surface area contributed by atoms with Gasteiger partial charge in [0.25, 0.3) is 11.8 Å². The molecule has 1 heterocycles. The Bertz CT molecular complexity index is 1610. The second-order valence-corrected chi connectivity index (χ2v) is 9.91. The zero-order valence-corrected chi connectivity index (χ0v) is 25.5. The molecule has 11 heteroatoms. The van der Waals surface area contributed by atoms with Gasteiger partial charge in [0.05, 0.1) is 19.7 Å². The average molecular weight is 617 g/mol. The summed E-state index contributed by atoms with van der Waals surface area (Å²) in [6.45, 7) is 3.87. The van der Waals surface area contributed by atoms with Gasteiger partial charge in [-0.2, -0.15) is 0 Å². The summed E-state index contributed by atoms with van der Waals surface area (Å²) in [4.78, 5) is 30.7. The molecule has 4 aromatic rings. The SMILES string of the molecule is CCCCOCCCN/C=C(\C(=O)Nc1ccc(F)cc1)C(=O)Nc1ccc(Oc2ccnc3cc(OC)c(OC)cc23)cc1. The molecule has 2 amide bonds. The standard InChI is InChI=1S/C34H37FN4O6/c1-4-5-18-44-19-6-16-36-22-28(33(40)38-24-9-7-23(35)8-10-24)34(41)39-25-11-13-26(14-12-25)45-30-15-17-37-29-21-32(43-3)31(42-2)20-27(29)30/h7-15,17,20-22,36H,4-6,16,18-19H2,1-3H3,(H,38,40)(H,39,41)/b28-22+. The lowest BCUT2D eigenvalue weighted by atomic mass is 10.1. The van der Waals surface area contributed by atoms with Crippen LogP contribution in [-0.2, 0) is 14.3 Å². The lowest BCUT2D eigenvalue weighted by Crippen LogP contribution is -2.27. The van der Waals surface area contributed by atoms with Crippen molar-refractivity contribution in [2.75, 3.05) is 44.6 Å². The number of amides is 2. The summed E-state index contributed by atoms with van der Waals surface area (Å²) < 4.78 is 35.8. The average Bonchev–Trinajstić information content (AvgIpc) is 3.05. The molecule has 0 spiro atoms. The fourth-order valence-corrected chi connectivity index (χ4v) is 4.23. The Balaban J connectivity index is 1.44. The molecule has 0 atom stereocenters. The molecule has 0 aliphatic rings. The number of pyridine rings is 1. The number of aromatic nitrogens is 1. The van der Waals surface area contributed by atoms with E-state index in [1.165, 1.54) is 30.5 Å². The van der Waals surface area contributed by atoms with E-state index in [9.17, 15) is 14.0 Å². The van der Waals surface area contributed by atoms with Gasteiger partial charge in [-0.25, -0.2) is 4.39 Å². The van der Waals surface area contributed by atoms with Crippen molar-refractivity contribution in [3.05, 3.63) is 90.5 Å². The number of halogens is 1. The summed E-state index contributed by atoms with van der Waals surface area (Å²) in [5, 5.41) is 9.14. The van der Waals surface area contributed by atoms with Crippen molar-refractivity contribution >= 4 is 34.1 Å². The van der Waals surface area contributed by atoms with Crippen molar-refractivity contribution in [3.8, 4) is 23.0 Å². The van der Waals surface area contributed by atoms with Gasteiger partial charge in [-0.1, -0.05) is 13.3 Å². The first-order valence-electron chi connectivity index (χ1n) is 14.6. The first kappa shape index (κ1) is 32.7. The molecule has 4 rings (SSSR count). The van der Waals surface area contributed by atoms with Gasteiger partial charge in [-0.15, -0.1) is 0 Å². The van der Waals surface area contributed by atoms with E-state index < -0.39 is 17.6 Å². The van der Waals surface area contributed by atoms with Gasteiger partial charge in [0.1, 0.15) is 22.9 Å². The zero-order valence-electron chi connectivity index (χ0n) is 25.5. The number of rotatable bonds is 16. The number of fused-ring (bicyclic) bond motifs is 1. The highest BCUT2D eigenvalue weighted by Crippen LogP contribution is 2.37. The summed E-state index contributed by atoms with van der Waals surface area (Å²) in [6, 6.07) is 17.3. The normalized spacial score (nSPS) is 11.2. The van der Waals surface area contributed by atoms with Crippen LogP contribution in [0, 0.1) is 5.82 Å². The lowest BCUT2D eigenvalue weighted by molar-refractivity contribution is -0.118. The summed E-state index contributed by atoms with van der Waals surface area (Å²) >= 11 is 0. The van der Waals surface area contributed by atoms with Gasteiger partial charge in [0.2, 0.25) is 0 Å². The number of nitrogens with zero attached hydrogens (tertiary/aromatic N) is 1. The number of anilines is 2. The van der Waals surface area contributed by atoms with Crippen LogP contribution in [0.3, 0.4) is 0 Å². The van der Waals surface area contributed by atoms with Gasteiger partial charge in [-0.05, 0) is 73.5 Å². The Morgan fingerprint density at radius 3 is 2.09 bits per heavy atom. The van der Waals surface area contributed by atoms with Gasteiger partial charge < -0.3 is 34.9 Å². The molecule has 1 aromatic heterocycles. The Morgan fingerprint density at radius 2 is 1.44 bits per heavy atom. The van der Waals surface area contributed by atoms with E-state index in [1.807, 2.05) is 0 Å². The summed E-state index contributed by atoms with van der Waals surface area (Å²) in [6.07, 6.45) is 5.76. The molecule has 0 fully saturated rings. The van der Waals surface area contributed by atoms with Crippen molar-refractivity contribution in [3.63, 3.8) is 0 Å². The van der Waals surface area contributed by atoms with Crippen LogP contribution in [0.5, 0.6) is 23.0 Å². The minimum atomic E-state index is -0.651. The predicted octanol–water partition coefficient (Wildman–Crippen LogP) is 6.44. The van der Waals surface area contributed by atoms with Crippen molar-refractivity contribution < 1.29 is 32.9 Å². The Labute approximate surface area is 261 Å².